The van der Waals surface area contributed by atoms with Gasteiger partial charge in [0, 0.05) is 59.7 Å². The van der Waals surface area contributed by atoms with Crippen molar-refractivity contribution in [1.82, 2.24) is 34.7 Å². The first-order valence-electron chi connectivity index (χ1n) is 13.8. The van der Waals surface area contributed by atoms with E-state index in [2.05, 4.69) is 47.1 Å². The smallest absolute Gasteiger partial charge is 0.245 e. The van der Waals surface area contributed by atoms with Crippen LogP contribution in [0, 0.1) is 6.92 Å². The highest BCUT2D eigenvalue weighted by Crippen LogP contribution is 2.35. The van der Waals surface area contributed by atoms with Gasteiger partial charge in [0.15, 0.2) is 0 Å². The highest BCUT2D eigenvalue weighted by molar-refractivity contribution is 6.23. The zero-order chi connectivity index (χ0) is 28.9. The molecule has 1 aromatic carbocycles. The van der Waals surface area contributed by atoms with Gasteiger partial charge in [-0.05, 0) is 43.5 Å². The minimum absolute atomic E-state index is 0.0295. The van der Waals surface area contributed by atoms with Gasteiger partial charge in [0.1, 0.15) is 5.69 Å². The highest BCUT2D eigenvalue weighted by atomic mass is 35.5. The number of likely N-dealkylation sites (tertiary alicyclic amines) is 1. The molecule has 1 aliphatic rings. The van der Waals surface area contributed by atoms with E-state index in [0.29, 0.717) is 44.8 Å². The second kappa shape index (κ2) is 12.8. The molecule has 41 heavy (non-hydrogen) atoms. The molecular formula is C30H36ClN7O3. The van der Waals surface area contributed by atoms with Crippen LogP contribution < -0.4 is 10.6 Å². The van der Waals surface area contributed by atoms with Crippen molar-refractivity contribution in [2.24, 2.45) is 0 Å². The summed E-state index contributed by atoms with van der Waals surface area (Å²) < 4.78 is 14.7. The number of H-pyrrole nitrogens is 1. The lowest BCUT2D eigenvalue weighted by Gasteiger charge is -2.32. The van der Waals surface area contributed by atoms with Gasteiger partial charge in [0.2, 0.25) is 5.91 Å². The van der Waals surface area contributed by atoms with E-state index < -0.39 is 0 Å². The zero-order valence-corrected chi connectivity index (χ0v) is 24.4. The Morgan fingerprint density at radius 2 is 2.02 bits per heavy atom. The lowest BCUT2D eigenvalue weighted by Crippen LogP contribution is -2.38. The maximum Gasteiger partial charge on any atom is 0.245 e. The number of hydrogen-bond donors (Lipinski definition) is 1. The fourth-order valence-electron chi connectivity index (χ4n) is 5.48. The predicted octanol–water partition coefficient (Wildman–Crippen LogP) is 2.79. The van der Waals surface area contributed by atoms with Gasteiger partial charge in [0.05, 0.1) is 49.5 Å². The second-order valence-corrected chi connectivity index (χ2v) is 10.4. The molecule has 0 aliphatic carbocycles. The Morgan fingerprint density at radius 3 is 2.71 bits per heavy atom. The molecule has 0 saturated carbocycles. The van der Waals surface area contributed by atoms with E-state index >= 15 is 0 Å². The van der Waals surface area contributed by atoms with Gasteiger partial charge in [-0.25, -0.2) is 0 Å². The summed E-state index contributed by atoms with van der Waals surface area (Å²) in [7, 11) is 1.66. The van der Waals surface area contributed by atoms with Crippen molar-refractivity contribution in [2.75, 3.05) is 45.9 Å². The number of halogens is 1. The number of alkyl halides is 1. The van der Waals surface area contributed by atoms with Gasteiger partial charge >= 0.3 is 0 Å². The second-order valence-electron chi connectivity index (χ2n) is 10.2. The average molecular weight is 578 g/mol. The molecule has 4 heterocycles. The summed E-state index contributed by atoms with van der Waals surface area (Å²) in [6, 6.07) is 6.36. The molecule has 0 spiro atoms. The normalized spacial score (nSPS) is 15.0. The van der Waals surface area contributed by atoms with E-state index in [1.54, 1.807) is 13.3 Å². The van der Waals surface area contributed by atoms with E-state index in [0.717, 1.165) is 57.1 Å². The Bertz CT molecular complexity index is 1650. The third kappa shape index (κ3) is 6.00. The van der Waals surface area contributed by atoms with Crippen LogP contribution in [0.5, 0.6) is 0 Å². The SMILES string of the molecule is C=CC(=O)N1CCC(n2nc(-c3ccc4nn(CCOCCOC)cc4c3)c(/C(CCl)=c3\cn[nH]c3=C)c2C)CC1. The lowest BCUT2D eigenvalue weighted by molar-refractivity contribution is -0.127. The lowest BCUT2D eigenvalue weighted by atomic mass is 9.97. The van der Waals surface area contributed by atoms with E-state index in [9.17, 15) is 4.79 Å². The highest BCUT2D eigenvalue weighted by Gasteiger charge is 2.28. The monoisotopic (exact) mass is 577 g/mol. The minimum atomic E-state index is -0.0295. The van der Waals surface area contributed by atoms with Crippen LogP contribution in [-0.4, -0.2) is 86.5 Å². The first kappa shape index (κ1) is 28.8. The summed E-state index contributed by atoms with van der Waals surface area (Å²) in [5.41, 5.74) is 5.65. The summed E-state index contributed by atoms with van der Waals surface area (Å²) in [6.07, 6.45) is 6.79. The van der Waals surface area contributed by atoms with Gasteiger partial charge in [-0.15, -0.1) is 11.6 Å². The quantitative estimate of drug-likeness (QED) is 0.167. The summed E-state index contributed by atoms with van der Waals surface area (Å²) in [5.74, 6) is 0.245. The number of hydrogen-bond acceptors (Lipinski definition) is 6. The van der Waals surface area contributed by atoms with Crippen LogP contribution in [0.3, 0.4) is 0 Å². The molecule has 10 nitrogen and oxygen atoms in total. The summed E-state index contributed by atoms with van der Waals surface area (Å²) in [5, 5.41) is 19.6. The van der Waals surface area contributed by atoms with Crippen molar-refractivity contribution in [3.63, 3.8) is 0 Å². The standard InChI is InChI=1S/C30H36ClN7O3/c1-5-28(39)36-10-8-24(9-11-36)38-21(3)29(25(17-31)26-18-32-33-20(26)2)30(35-38)22-6-7-27-23(16-22)19-37(34-27)12-13-41-15-14-40-4/h5-7,16,18-19,24,33H,1-2,8-15,17H2,3-4H3/b26-25+. The molecule has 0 atom stereocenters. The van der Waals surface area contributed by atoms with Crippen molar-refractivity contribution in [2.45, 2.75) is 32.4 Å². The number of nitrogens with zero attached hydrogens (tertiary/aromatic N) is 6. The molecule has 0 bridgehead atoms. The minimum Gasteiger partial charge on any atom is -0.382 e. The van der Waals surface area contributed by atoms with Crippen molar-refractivity contribution < 1.29 is 14.3 Å². The Kier molecular flexibility index (Phi) is 9.02. The van der Waals surface area contributed by atoms with Crippen molar-refractivity contribution >= 4 is 40.6 Å². The molecule has 5 rings (SSSR count). The summed E-state index contributed by atoms with van der Waals surface area (Å²) >= 11 is 6.61. The van der Waals surface area contributed by atoms with E-state index in [1.165, 1.54) is 6.08 Å². The van der Waals surface area contributed by atoms with Crippen LogP contribution in [0.2, 0.25) is 0 Å². The molecule has 216 valence electrons. The van der Waals surface area contributed by atoms with Gasteiger partial charge in [-0.2, -0.15) is 15.3 Å². The molecular weight excluding hydrogens is 542 g/mol. The number of carbonyl (C=O) groups is 1. The molecule has 1 aliphatic heterocycles. The number of fused-ring (bicyclic) bond motifs is 1. The Balaban J connectivity index is 1.54. The number of aromatic amines is 1. The van der Waals surface area contributed by atoms with Crippen LogP contribution in [0.25, 0.3) is 34.3 Å². The first-order chi connectivity index (χ1) is 19.9. The third-order valence-corrected chi connectivity index (χ3v) is 7.91. The fourth-order valence-corrected chi connectivity index (χ4v) is 5.76. The van der Waals surface area contributed by atoms with Crippen LogP contribution >= 0.6 is 11.6 Å². The molecule has 11 heteroatoms. The molecule has 1 amide bonds. The van der Waals surface area contributed by atoms with Gasteiger partial charge in [0.25, 0.3) is 0 Å². The number of rotatable bonds is 11. The summed E-state index contributed by atoms with van der Waals surface area (Å²) in [4.78, 5) is 14.0. The maximum absolute atomic E-state index is 12.2. The third-order valence-electron chi connectivity index (χ3n) is 7.65. The van der Waals surface area contributed by atoms with Crippen LogP contribution in [0.15, 0.2) is 43.2 Å². The average Bonchev–Trinajstić information content (AvgIpc) is 3.70. The van der Waals surface area contributed by atoms with Gasteiger partial charge in [-0.3, -0.25) is 19.3 Å². The number of piperidine rings is 1. The van der Waals surface area contributed by atoms with E-state index in [1.807, 2.05) is 21.8 Å². The molecule has 1 saturated heterocycles. The zero-order valence-electron chi connectivity index (χ0n) is 23.6. The van der Waals surface area contributed by atoms with Crippen LogP contribution in [-0.2, 0) is 20.8 Å². The largest absolute Gasteiger partial charge is 0.382 e. The van der Waals surface area contributed by atoms with Crippen LogP contribution in [0.4, 0.5) is 0 Å². The number of benzene rings is 1. The number of nitrogens with one attached hydrogen (secondary N) is 1. The molecule has 0 unspecified atom stereocenters. The molecule has 4 aromatic rings. The van der Waals surface area contributed by atoms with Gasteiger partial charge in [-0.1, -0.05) is 19.2 Å². The van der Waals surface area contributed by atoms with Crippen LogP contribution in [0.1, 0.15) is 30.1 Å². The maximum atomic E-state index is 12.2. The molecule has 1 N–H and O–H groups in total. The number of amides is 1. The topological polar surface area (TPSA) is 103 Å². The first-order valence-corrected chi connectivity index (χ1v) is 14.3. The Labute approximate surface area is 243 Å². The molecule has 0 radical (unpaired) electrons. The number of methoxy groups -OCH3 is 1. The number of ether oxygens (including phenoxy) is 2. The molecule has 1 fully saturated rings. The van der Waals surface area contributed by atoms with Crippen molar-refractivity contribution in [3.8, 4) is 11.3 Å². The Morgan fingerprint density at radius 1 is 1.22 bits per heavy atom. The number of aromatic nitrogens is 6. The van der Waals surface area contributed by atoms with Crippen molar-refractivity contribution in [1.29, 1.82) is 0 Å². The fraction of sp³-hybridized carbons (Fsp3) is 0.400. The summed E-state index contributed by atoms with van der Waals surface area (Å²) in [6.45, 7) is 13.5. The Hall–Kier alpha value is -3.73. The van der Waals surface area contributed by atoms with E-state index in [-0.39, 0.29) is 17.8 Å². The molecule has 3 aromatic heterocycles. The predicted molar refractivity (Wildman–Crippen MR) is 160 cm³/mol. The van der Waals surface area contributed by atoms with E-state index in [4.69, 9.17) is 31.3 Å². The van der Waals surface area contributed by atoms with Crippen molar-refractivity contribution in [3.05, 3.63) is 65.1 Å². The number of carbonyl (C=O) groups excluding carboxylic acids is 1. The van der Waals surface area contributed by atoms with Gasteiger partial charge < -0.3 is 14.4 Å².